The summed E-state index contributed by atoms with van der Waals surface area (Å²) in [7, 11) is -0.884. The van der Waals surface area contributed by atoms with Crippen LogP contribution in [0.2, 0.25) is 5.02 Å². The van der Waals surface area contributed by atoms with Gasteiger partial charge in [0.2, 0.25) is 0 Å². The van der Waals surface area contributed by atoms with Gasteiger partial charge in [0.15, 0.2) is 0 Å². The molecule has 1 saturated carbocycles. The molecule has 4 heteroatoms. The van der Waals surface area contributed by atoms with Crippen LogP contribution in [0.3, 0.4) is 0 Å². The summed E-state index contributed by atoms with van der Waals surface area (Å²) in [6.45, 7) is 7.73. The molecule has 3 atom stereocenters. The minimum Gasteiger partial charge on any atom is -0.312 e. The first-order chi connectivity index (χ1) is 9.95. The fourth-order valence-electron chi connectivity index (χ4n) is 3.21. The lowest BCUT2D eigenvalue weighted by Gasteiger charge is -2.31. The van der Waals surface area contributed by atoms with Gasteiger partial charge in [0.1, 0.15) is 0 Å². The molecule has 0 bridgehead atoms. The minimum atomic E-state index is -0.884. The van der Waals surface area contributed by atoms with Crippen LogP contribution in [0.25, 0.3) is 0 Å². The molecular formula is C17H26ClNOS. The number of benzene rings is 1. The Hall–Kier alpha value is -0.380. The molecule has 0 spiro atoms. The molecule has 0 heterocycles. The van der Waals surface area contributed by atoms with Crippen LogP contribution in [0.5, 0.6) is 0 Å². The molecule has 2 nitrogen and oxygen atoms in total. The largest absolute Gasteiger partial charge is 0.312 e. The van der Waals surface area contributed by atoms with Gasteiger partial charge in [-0.15, -0.1) is 0 Å². The molecule has 0 amide bonds. The van der Waals surface area contributed by atoms with Gasteiger partial charge in [-0.2, -0.15) is 0 Å². The molecule has 3 unspecified atom stereocenters. The lowest BCUT2D eigenvalue weighted by atomic mass is 9.87. The predicted octanol–water partition coefficient (Wildman–Crippen LogP) is 4.15. The zero-order valence-corrected chi connectivity index (χ0v) is 14.8. The maximum atomic E-state index is 12.8. The summed E-state index contributed by atoms with van der Waals surface area (Å²) in [4.78, 5) is 0. The van der Waals surface area contributed by atoms with E-state index in [1.807, 2.05) is 24.3 Å². The molecule has 1 aromatic carbocycles. The van der Waals surface area contributed by atoms with E-state index < -0.39 is 10.8 Å². The summed E-state index contributed by atoms with van der Waals surface area (Å²) in [5.74, 6) is 0.560. The van der Waals surface area contributed by atoms with E-state index in [9.17, 15) is 4.21 Å². The van der Waals surface area contributed by atoms with Crippen molar-refractivity contribution in [2.24, 2.45) is 5.41 Å². The smallest absolute Gasteiger partial charge is 0.0510 e. The fourth-order valence-corrected chi connectivity index (χ4v) is 5.41. The summed E-state index contributed by atoms with van der Waals surface area (Å²) in [5.41, 5.74) is 1.21. The molecule has 1 aliphatic rings. The lowest BCUT2D eigenvalue weighted by Crippen LogP contribution is -2.46. The third-order valence-electron chi connectivity index (χ3n) is 4.49. The summed E-state index contributed by atoms with van der Waals surface area (Å²) in [6.07, 6.45) is 3.27. The first-order valence-corrected chi connectivity index (χ1v) is 9.55. The fraction of sp³-hybridized carbons (Fsp3) is 0.647. The van der Waals surface area contributed by atoms with Gasteiger partial charge in [-0.3, -0.25) is 4.21 Å². The van der Waals surface area contributed by atoms with E-state index in [-0.39, 0.29) is 10.7 Å². The van der Waals surface area contributed by atoms with Gasteiger partial charge in [-0.05, 0) is 42.9 Å². The van der Waals surface area contributed by atoms with E-state index in [0.717, 1.165) is 36.4 Å². The van der Waals surface area contributed by atoms with E-state index >= 15 is 0 Å². The van der Waals surface area contributed by atoms with Gasteiger partial charge in [0.25, 0.3) is 0 Å². The van der Waals surface area contributed by atoms with Crippen molar-refractivity contribution < 1.29 is 4.21 Å². The van der Waals surface area contributed by atoms with E-state index in [0.29, 0.717) is 11.8 Å². The third kappa shape index (κ3) is 4.08. The summed E-state index contributed by atoms with van der Waals surface area (Å²) < 4.78 is 12.8. The van der Waals surface area contributed by atoms with Crippen molar-refractivity contribution in [3.8, 4) is 0 Å². The summed E-state index contributed by atoms with van der Waals surface area (Å²) in [5, 5.41) is 4.58. The standard InChI is InChI=1S/C17H26ClNOS/c1-4-11-19-16-15(9-10-17(16,2)3)21(20)12-13-7-5-6-8-14(13)18/h5-8,15-16,19H,4,9-12H2,1-3H3. The molecule has 0 aliphatic heterocycles. The topological polar surface area (TPSA) is 29.1 Å². The molecule has 2 rings (SSSR count). The van der Waals surface area contributed by atoms with Gasteiger partial charge >= 0.3 is 0 Å². The molecule has 21 heavy (non-hydrogen) atoms. The van der Waals surface area contributed by atoms with Crippen molar-refractivity contribution >= 4 is 22.4 Å². The number of hydrogen-bond donors (Lipinski definition) is 1. The van der Waals surface area contributed by atoms with Gasteiger partial charge < -0.3 is 5.32 Å². The van der Waals surface area contributed by atoms with Crippen LogP contribution in [0.4, 0.5) is 0 Å². The van der Waals surface area contributed by atoms with Crippen molar-refractivity contribution in [1.82, 2.24) is 5.32 Å². The molecule has 0 saturated heterocycles. The Morgan fingerprint density at radius 1 is 1.38 bits per heavy atom. The summed E-state index contributed by atoms with van der Waals surface area (Å²) in [6, 6.07) is 8.07. The van der Waals surface area contributed by atoms with E-state index in [2.05, 4.69) is 26.1 Å². The molecular weight excluding hydrogens is 302 g/mol. The molecule has 1 aromatic rings. The molecule has 1 fully saturated rings. The van der Waals surface area contributed by atoms with E-state index in [4.69, 9.17) is 11.6 Å². The molecule has 0 aromatic heterocycles. The monoisotopic (exact) mass is 327 g/mol. The van der Waals surface area contributed by atoms with Crippen molar-refractivity contribution in [3.63, 3.8) is 0 Å². The number of nitrogens with one attached hydrogen (secondary N) is 1. The normalized spacial score (nSPS) is 25.9. The maximum Gasteiger partial charge on any atom is 0.0510 e. The van der Waals surface area contributed by atoms with Gasteiger partial charge in [0, 0.05) is 21.9 Å². The first-order valence-electron chi connectivity index (χ1n) is 7.79. The van der Waals surface area contributed by atoms with E-state index in [1.54, 1.807) is 0 Å². The molecule has 118 valence electrons. The third-order valence-corrected chi connectivity index (χ3v) is 6.64. The van der Waals surface area contributed by atoms with Crippen molar-refractivity contribution in [1.29, 1.82) is 0 Å². The second-order valence-corrected chi connectivity index (χ2v) is 8.68. The Morgan fingerprint density at radius 2 is 2.10 bits per heavy atom. The lowest BCUT2D eigenvalue weighted by molar-refractivity contribution is 0.286. The van der Waals surface area contributed by atoms with Crippen LogP contribution in [0.15, 0.2) is 24.3 Å². The van der Waals surface area contributed by atoms with Crippen LogP contribution in [-0.4, -0.2) is 22.0 Å². The van der Waals surface area contributed by atoms with Crippen LogP contribution < -0.4 is 5.32 Å². The number of hydrogen-bond acceptors (Lipinski definition) is 2. The van der Waals surface area contributed by atoms with E-state index in [1.165, 1.54) is 0 Å². The number of halogens is 1. The highest BCUT2D eigenvalue weighted by molar-refractivity contribution is 7.84. The van der Waals surface area contributed by atoms with Crippen molar-refractivity contribution in [3.05, 3.63) is 34.9 Å². The Labute approximate surface area is 136 Å². The molecule has 1 N–H and O–H groups in total. The summed E-state index contributed by atoms with van der Waals surface area (Å²) >= 11 is 6.20. The Morgan fingerprint density at radius 3 is 2.76 bits per heavy atom. The Balaban J connectivity index is 2.09. The average molecular weight is 328 g/mol. The van der Waals surface area contributed by atoms with Crippen LogP contribution in [0.1, 0.15) is 45.6 Å². The van der Waals surface area contributed by atoms with Crippen LogP contribution >= 0.6 is 11.6 Å². The predicted molar refractivity (Wildman–Crippen MR) is 92.2 cm³/mol. The van der Waals surface area contributed by atoms with Crippen LogP contribution in [0, 0.1) is 5.41 Å². The number of rotatable bonds is 6. The highest BCUT2D eigenvalue weighted by atomic mass is 35.5. The zero-order chi connectivity index (χ0) is 15.5. The molecule has 0 radical (unpaired) electrons. The van der Waals surface area contributed by atoms with Crippen LogP contribution in [-0.2, 0) is 16.6 Å². The highest BCUT2D eigenvalue weighted by Gasteiger charge is 2.44. The quantitative estimate of drug-likeness (QED) is 0.850. The SMILES string of the molecule is CCCNC1C(S(=O)Cc2ccccc2Cl)CCC1(C)C. The highest BCUT2D eigenvalue weighted by Crippen LogP contribution is 2.40. The first kappa shape index (κ1) is 17.0. The Kier molecular flexibility index (Phi) is 5.87. The van der Waals surface area contributed by atoms with Crippen molar-refractivity contribution in [2.75, 3.05) is 6.54 Å². The second kappa shape index (κ2) is 7.26. The van der Waals surface area contributed by atoms with Gasteiger partial charge in [-0.25, -0.2) is 0 Å². The maximum absolute atomic E-state index is 12.8. The zero-order valence-electron chi connectivity index (χ0n) is 13.2. The van der Waals surface area contributed by atoms with Gasteiger partial charge in [-0.1, -0.05) is 50.6 Å². The average Bonchev–Trinajstić information content (AvgIpc) is 2.74. The van der Waals surface area contributed by atoms with Crippen molar-refractivity contribution in [2.45, 2.75) is 57.1 Å². The molecule has 1 aliphatic carbocycles. The van der Waals surface area contributed by atoms with Gasteiger partial charge in [0.05, 0.1) is 11.0 Å². The Bertz CT molecular complexity index is 503. The second-order valence-electron chi connectivity index (χ2n) is 6.61. The minimum absolute atomic E-state index is 0.218.